The van der Waals surface area contributed by atoms with E-state index >= 15 is 0 Å². The van der Waals surface area contributed by atoms with Crippen LogP contribution in [0.2, 0.25) is 0 Å². The van der Waals surface area contributed by atoms with Crippen LogP contribution in [-0.4, -0.2) is 0 Å². The van der Waals surface area contributed by atoms with Gasteiger partial charge in [0.1, 0.15) is 0 Å². The monoisotopic (exact) mass is 208 g/mol. The van der Waals surface area contributed by atoms with Gasteiger partial charge < -0.3 is 0 Å². The second kappa shape index (κ2) is 3.10. The molecule has 80 valence electrons. The van der Waals surface area contributed by atoms with Crippen molar-refractivity contribution in [2.45, 2.75) is 37.5 Å². The van der Waals surface area contributed by atoms with E-state index in [1.54, 1.807) is 16.5 Å². The molecule has 2 aliphatic carbocycles. The first-order chi connectivity index (χ1) is 7.95. The van der Waals surface area contributed by atoms with Crippen LogP contribution in [0.3, 0.4) is 0 Å². The Hall–Kier alpha value is -1.30. The molecule has 16 heavy (non-hydrogen) atoms. The summed E-state index contributed by atoms with van der Waals surface area (Å²) in [4.78, 5) is 0. The van der Waals surface area contributed by atoms with Crippen LogP contribution in [0, 0.1) is 0 Å². The minimum Gasteiger partial charge on any atom is -0.0613 e. The predicted octanol–water partition coefficient (Wildman–Crippen LogP) is 4.59. The van der Waals surface area contributed by atoms with Crippen LogP contribution >= 0.6 is 0 Å². The van der Waals surface area contributed by atoms with Crippen molar-refractivity contribution in [3.8, 4) is 0 Å². The molecule has 1 fully saturated rings. The Morgan fingerprint density at radius 1 is 0.750 bits per heavy atom. The third kappa shape index (κ3) is 1.000. The van der Waals surface area contributed by atoms with Crippen LogP contribution in [0.5, 0.6) is 0 Å². The smallest absolute Gasteiger partial charge is 0.00866 e. The second-order valence-corrected chi connectivity index (χ2v) is 5.29. The maximum Gasteiger partial charge on any atom is -0.00866 e. The topological polar surface area (TPSA) is 0 Å². The highest BCUT2D eigenvalue weighted by Gasteiger charge is 2.35. The van der Waals surface area contributed by atoms with Crippen molar-refractivity contribution in [1.82, 2.24) is 0 Å². The predicted molar refractivity (Wildman–Crippen MR) is 67.9 cm³/mol. The van der Waals surface area contributed by atoms with Gasteiger partial charge in [0.25, 0.3) is 0 Å². The molecule has 4 rings (SSSR count). The molecule has 2 atom stereocenters. The van der Waals surface area contributed by atoms with E-state index in [1.807, 2.05) is 0 Å². The quantitative estimate of drug-likeness (QED) is 0.593. The molecule has 0 N–H and O–H groups in total. The van der Waals surface area contributed by atoms with Crippen molar-refractivity contribution < 1.29 is 0 Å². The average molecular weight is 208 g/mol. The van der Waals surface area contributed by atoms with Crippen molar-refractivity contribution in [2.75, 3.05) is 0 Å². The van der Waals surface area contributed by atoms with Gasteiger partial charge in [0, 0.05) is 0 Å². The van der Waals surface area contributed by atoms with Crippen LogP contribution in [0.1, 0.15) is 48.6 Å². The molecule has 1 saturated carbocycles. The Kier molecular flexibility index (Phi) is 1.71. The fraction of sp³-hybridized carbons (Fsp3) is 0.375. The van der Waals surface area contributed by atoms with Crippen LogP contribution in [-0.2, 0) is 0 Å². The van der Waals surface area contributed by atoms with Gasteiger partial charge in [0.2, 0.25) is 0 Å². The highest BCUT2D eigenvalue weighted by Crippen LogP contribution is 2.53. The molecule has 0 spiro atoms. The largest absolute Gasteiger partial charge is 0.0613 e. The van der Waals surface area contributed by atoms with E-state index < -0.39 is 0 Å². The second-order valence-electron chi connectivity index (χ2n) is 5.29. The molecule has 2 unspecified atom stereocenters. The summed E-state index contributed by atoms with van der Waals surface area (Å²) in [5.41, 5.74) is 3.27. The minimum atomic E-state index is 0.829. The fourth-order valence-electron chi connectivity index (χ4n) is 3.89. The summed E-state index contributed by atoms with van der Waals surface area (Å²) < 4.78 is 0. The molecule has 0 saturated heterocycles. The molecule has 2 aliphatic rings. The zero-order valence-corrected chi connectivity index (χ0v) is 9.45. The molecule has 0 amide bonds. The van der Waals surface area contributed by atoms with Crippen molar-refractivity contribution >= 4 is 10.8 Å². The first kappa shape index (κ1) is 8.81. The lowest BCUT2D eigenvalue weighted by Crippen LogP contribution is -2.10. The Morgan fingerprint density at radius 3 is 1.88 bits per heavy atom. The first-order valence-corrected chi connectivity index (χ1v) is 6.47. The number of hydrogen-bond donors (Lipinski definition) is 0. The molecule has 0 aliphatic heterocycles. The van der Waals surface area contributed by atoms with Crippen LogP contribution < -0.4 is 0 Å². The lowest BCUT2D eigenvalue weighted by atomic mass is 9.78. The van der Waals surface area contributed by atoms with Gasteiger partial charge in [-0.1, -0.05) is 49.2 Å². The van der Waals surface area contributed by atoms with Gasteiger partial charge in [0.05, 0.1) is 0 Å². The highest BCUT2D eigenvalue weighted by atomic mass is 14.4. The van der Waals surface area contributed by atoms with Gasteiger partial charge >= 0.3 is 0 Å². The number of fused-ring (bicyclic) bond motifs is 3. The van der Waals surface area contributed by atoms with Gasteiger partial charge in [-0.25, -0.2) is 0 Å². The van der Waals surface area contributed by atoms with Crippen LogP contribution in [0.15, 0.2) is 36.4 Å². The summed E-state index contributed by atoms with van der Waals surface area (Å²) in [6, 6.07) is 13.7. The van der Waals surface area contributed by atoms with Gasteiger partial charge in [-0.15, -0.1) is 0 Å². The molecule has 0 radical (unpaired) electrons. The van der Waals surface area contributed by atoms with Crippen molar-refractivity contribution in [1.29, 1.82) is 0 Å². The fourth-order valence-corrected chi connectivity index (χ4v) is 3.89. The summed E-state index contributed by atoms with van der Waals surface area (Å²) in [6.07, 6.45) is 5.65. The summed E-state index contributed by atoms with van der Waals surface area (Å²) in [6.45, 7) is 0. The molecular weight excluding hydrogens is 192 g/mol. The van der Waals surface area contributed by atoms with E-state index in [9.17, 15) is 0 Å². The lowest BCUT2D eigenvalue weighted by Gasteiger charge is -2.26. The van der Waals surface area contributed by atoms with Crippen molar-refractivity contribution in [3.05, 3.63) is 47.5 Å². The SMILES string of the molecule is c1cc2c3c(cccc3c1)C1CCCCC21. The summed E-state index contributed by atoms with van der Waals surface area (Å²) in [5.74, 6) is 1.66. The minimum absolute atomic E-state index is 0.829. The highest BCUT2D eigenvalue weighted by molar-refractivity contribution is 5.92. The number of rotatable bonds is 0. The number of hydrogen-bond acceptors (Lipinski definition) is 0. The summed E-state index contributed by atoms with van der Waals surface area (Å²) in [7, 11) is 0. The molecule has 2 aromatic rings. The molecular formula is C16H16. The first-order valence-electron chi connectivity index (χ1n) is 6.47. The van der Waals surface area contributed by atoms with E-state index in [2.05, 4.69) is 36.4 Å². The number of benzene rings is 2. The summed E-state index contributed by atoms with van der Waals surface area (Å²) >= 11 is 0. The molecule has 0 aromatic heterocycles. The zero-order valence-electron chi connectivity index (χ0n) is 9.45. The van der Waals surface area contributed by atoms with Gasteiger partial charge in [-0.05, 0) is 46.6 Å². The average Bonchev–Trinajstić information content (AvgIpc) is 2.68. The van der Waals surface area contributed by atoms with Crippen LogP contribution in [0.4, 0.5) is 0 Å². The van der Waals surface area contributed by atoms with Crippen molar-refractivity contribution in [3.63, 3.8) is 0 Å². The molecule has 0 nitrogen and oxygen atoms in total. The van der Waals surface area contributed by atoms with Crippen LogP contribution in [0.25, 0.3) is 10.8 Å². The zero-order chi connectivity index (χ0) is 10.5. The molecule has 0 heterocycles. The Bertz CT molecular complexity index is 506. The standard InChI is InChI=1S/C16H16/c1-2-8-13-12(7-1)14-9-3-5-11-6-4-10-15(13)16(11)14/h3-6,9-10,12-13H,1-2,7-8H2. The molecule has 2 aromatic carbocycles. The molecule has 0 heteroatoms. The maximum atomic E-state index is 2.36. The van der Waals surface area contributed by atoms with E-state index in [-0.39, 0.29) is 0 Å². The Balaban J connectivity index is 2.07. The van der Waals surface area contributed by atoms with Gasteiger partial charge in [0.15, 0.2) is 0 Å². The summed E-state index contributed by atoms with van der Waals surface area (Å²) in [5, 5.41) is 3.03. The van der Waals surface area contributed by atoms with E-state index in [0.29, 0.717) is 0 Å². The molecule has 0 bridgehead atoms. The van der Waals surface area contributed by atoms with E-state index in [0.717, 1.165) is 11.8 Å². The lowest BCUT2D eigenvalue weighted by molar-refractivity contribution is 0.400. The van der Waals surface area contributed by atoms with E-state index in [1.165, 1.54) is 31.1 Å². The normalized spacial score (nSPS) is 27.0. The van der Waals surface area contributed by atoms with E-state index in [4.69, 9.17) is 0 Å². The van der Waals surface area contributed by atoms with Gasteiger partial charge in [-0.2, -0.15) is 0 Å². The third-order valence-electron chi connectivity index (χ3n) is 4.53. The van der Waals surface area contributed by atoms with Crippen molar-refractivity contribution in [2.24, 2.45) is 0 Å². The Labute approximate surface area is 96.3 Å². The Morgan fingerprint density at radius 2 is 1.31 bits per heavy atom. The third-order valence-corrected chi connectivity index (χ3v) is 4.53. The van der Waals surface area contributed by atoms with Gasteiger partial charge in [-0.3, -0.25) is 0 Å². The maximum absolute atomic E-state index is 2.36.